The molecule has 1 aliphatic heterocycles. The van der Waals surface area contributed by atoms with Gasteiger partial charge in [0.25, 0.3) is 0 Å². The normalized spacial score (nSPS) is 19.9. The smallest absolute Gasteiger partial charge is 0.249 e. The Balaban J connectivity index is 2.26. The zero-order valence-corrected chi connectivity index (χ0v) is 49.0. The monoisotopic (exact) mass is 1080 g/mol. The highest BCUT2D eigenvalue weighted by molar-refractivity contribution is 5.80. The molecule has 11 heteroatoms. The number of rotatable bonds is 55. The van der Waals surface area contributed by atoms with E-state index in [0.717, 1.165) is 51.4 Å². The second kappa shape index (κ2) is 53.7. The maximum Gasteiger partial charge on any atom is 0.249 e. The fourth-order valence-electron chi connectivity index (χ4n) is 10.2. The van der Waals surface area contributed by atoms with Gasteiger partial charge < -0.3 is 50.5 Å². The number of carbonyl (C=O) groups excluding carboxylic acids is 1. The van der Waals surface area contributed by atoms with E-state index in [9.17, 15) is 40.5 Å². The summed E-state index contributed by atoms with van der Waals surface area (Å²) in [5, 5.41) is 76.2. The third-order valence-electron chi connectivity index (χ3n) is 15.4. The number of hydrogen-bond acceptors (Lipinski definition) is 10. The second-order valence-corrected chi connectivity index (χ2v) is 22.5. The van der Waals surface area contributed by atoms with Gasteiger partial charge >= 0.3 is 0 Å². The average molecular weight is 1080 g/mol. The molecule has 76 heavy (non-hydrogen) atoms. The van der Waals surface area contributed by atoms with Gasteiger partial charge in [0.15, 0.2) is 6.29 Å². The molecule has 11 nitrogen and oxygen atoms in total. The highest BCUT2D eigenvalue weighted by Gasteiger charge is 2.44. The summed E-state index contributed by atoms with van der Waals surface area (Å²) in [6.45, 7) is 3.43. The van der Waals surface area contributed by atoms with Crippen LogP contribution in [0.2, 0.25) is 0 Å². The molecular formula is C65H121NO10. The van der Waals surface area contributed by atoms with E-state index < -0.39 is 74.2 Å². The Kier molecular flexibility index (Phi) is 50.9. The molecule has 446 valence electrons. The zero-order chi connectivity index (χ0) is 55.4. The van der Waals surface area contributed by atoms with E-state index in [1.165, 1.54) is 193 Å². The average Bonchev–Trinajstić information content (AvgIpc) is 3.42. The predicted molar refractivity (Wildman–Crippen MR) is 316 cm³/mol. The summed E-state index contributed by atoms with van der Waals surface area (Å²) in [5.41, 5.74) is 0. The van der Waals surface area contributed by atoms with Crippen LogP contribution in [0, 0.1) is 0 Å². The SMILES string of the molecule is CCCCC/C=C\C=C/CCCCCCCCCCCC(O)C(=O)NC(COC1OC(CO)C(O)C(O)C1O)C(O)C(O)CCC/C=C/CC/C=C/CCCCCCCCCCCCCCCCCCCCCCCC. The third kappa shape index (κ3) is 41.1. The summed E-state index contributed by atoms with van der Waals surface area (Å²) < 4.78 is 11.1. The van der Waals surface area contributed by atoms with E-state index in [-0.39, 0.29) is 12.8 Å². The van der Waals surface area contributed by atoms with E-state index in [1.54, 1.807) is 0 Å². The largest absolute Gasteiger partial charge is 0.394 e. The van der Waals surface area contributed by atoms with Gasteiger partial charge in [-0.25, -0.2) is 0 Å². The molecule has 0 radical (unpaired) electrons. The van der Waals surface area contributed by atoms with Crippen molar-refractivity contribution in [2.24, 2.45) is 0 Å². The van der Waals surface area contributed by atoms with Gasteiger partial charge in [0.2, 0.25) is 5.91 Å². The van der Waals surface area contributed by atoms with Crippen molar-refractivity contribution in [2.45, 2.75) is 345 Å². The van der Waals surface area contributed by atoms with Crippen molar-refractivity contribution in [1.82, 2.24) is 5.32 Å². The van der Waals surface area contributed by atoms with Gasteiger partial charge in [-0.1, -0.05) is 262 Å². The second-order valence-electron chi connectivity index (χ2n) is 22.5. The number of unbranched alkanes of at least 4 members (excludes halogenated alkanes) is 36. The summed E-state index contributed by atoms with van der Waals surface area (Å²) in [5.74, 6) is -0.713. The van der Waals surface area contributed by atoms with Crippen molar-refractivity contribution >= 4 is 5.91 Å². The molecule has 1 amide bonds. The van der Waals surface area contributed by atoms with Crippen molar-refractivity contribution in [3.05, 3.63) is 48.6 Å². The predicted octanol–water partition coefficient (Wildman–Crippen LogP) is 14.4. The van der Waals surface area contributed by atoms with Crippen LogP contribution in [0.25, 0.3) is 0 Å². The van der Waals surface area contributed by atoms with Crippen molar-refractivity contribution in [1.29, 1.82) is 0 Å². The number of allylic oxidation sites excluding steroid dienone is 8. The van der Waals surface area contributed by atoms with E-state index >= 15 is 0 Å². The molecule has 8 N–H and O–H groups in total. The highest BCUT2D eigenvalue weighted by Crippen LogP contribution is 2.23. The van der Waals surface area contributed by atoms with Crippen LogP contribution in [-0.2, 0) is 14.3 Å². The summed E-state index contributed by atoms with van der Waals surface area (Å²) in [6.07, 6.45) is 57.6. The molecule has 0 aliphatic carbocycles. The molecule has 0 saturated carbocycles. The lowest BCUT2D eigenvalue weighted by Crippen LogP contribution is -2.60. The van der Waals surface area contributed by atoms with Gasteiger partial charge in [0.05, 0.1) is 25.4 Å². The Morgan fingerprint density at radius 3 is 1.28 bits per heavy atom. The van der Waals surface area contributed by atoms with E-state index in [1.807, 2.05) is 0 Å². The molecule has 1 heterocycles. The molecule has 1 saturated heterocycles. The first-order valence-corrected chi connectivity index (χ1v) is 32.1. The summed E-state index contributed by atoms with van der Waals surface area (Å²) in [7, 11) is 0. The molecule has 1 rings (SSSR count). The Bertz CT molecular complexity index is 1370. The van der Waals surface area contributed by atoms with Crippen LogP contribution in [0.5, 0.6) is 0 Å². The number of carbonyl (C=O) groups is 1. The lowest BCUT2D eigenvalue weighted by Gasteiger charge is -2.40. The Hall–Kier alpha value is -1.93. The Labute approximate surface area is 466 Å². The van der Waals surface area contributed by atoms with Crippen LogP contribution < -0.4 is 5.32 Å². The number of nitrogens with one attached hydrogen (secondary N) is 1. The van der Waals surface area contributed by atoms with Crippen LogP contribution in [-0.4, -0.2) is 110 Å². The van der Waals surface area contributed by atoms with Gasteiger partial charge in [0.1, 0.15) is 36.6 Å². The van der Waals surface area contributed by atoms with Gasteiger partial charge in [-0.2, -0.15) is 0 Å². The summed E-state index contributed by atoms with van der Waals surface area (Å²) in [6, 6.07) is -1.20. The number of aliphatic hydroxyl groups is 7. The standard InChI is InChI=1S/C65H121NO10/c1-3-5-7-9-11-13-15-17-19-21-23-24-25-26-27-28-29-30-31-32-33-34-35-37-38-40-42-44-46-48-50-52-57(68)60(70)56(55-75-65-63(73)62(72)61(71)59(54-67)76-65)66-64(74)58(69)53-51-49-47-45-43-41-39-36-22-20-18-16-14-12-10-8-6-4-2/h12,14,16,18,37-38,44,46,56-63,65,67-73H,3-11,13,15,17,19-36,39-43,45,47-55H2,1-2H3,(H,66,74)/b14-12-,18-16-,38-37+,46-44+. The molecule has 0 aromatic carbocycles. The first kappa shape index (κ1) is 72.1. The number of ether oxygens (including phenoxy) is 2. The molecule has 1 aliphatic rings. The fraction of sp³-hybridized carbons (Fsp3) is 0.862. The minimum atomic E-state index is -1.67. The number of amides is 1. The zero-order valence-electron chi connectivity index (χ0n) is 49.0. The maximum absolute atomic E-state index is 13.2. The van der Waals surface area contributed by atoms with Gasteiger partial charge in [0, 0.05) is 0 Å². The molecular weight excluding hydrogens is 955 g/mol. The molecule has 0 spiro atoms. The van der Waals surface area contributed by atoms with E-state index in [2.05, 4.69) is 67.8 Å². The number of hydrogen-bond donors (Lipinski definition) is 8. The van der Waals surface area contributed by atoms with Crippen LogP contribution in [0.4, 0.5) is 0 Å². The highest BCUT2D eigenvalue weighted by atomic mass is 16.7. The summed E-state index contributed by atoms with van der Waals surface area (Å²) in [4.78, 5) is 13.2. The minimum Gasteiger partial charge on any atom is -0.394 e. The van der Waals surface area contributed by atoms with Gasteiger partial charge in [-0.05, 0) is 77.0 Å². The van der Waals surface area contributed by atoms with Crippen LogP contribution in [0.3, 0.4) is 0 Å². The lowest BCUT2D eigenvalue weighted by molar-refractivity contribution is -0.303. The van der Waals surface area contributed by atoms with Crippen LogP contribution in [0.1, 0.15) is 290 Å². The van der Waals surface area contributed by atoms with E-state index in [0.29, 0.717) is 19.3 Å². The molecule has 9 unspecified atom stereocenters. The number of aliphatic hydroxyl groups excluding tert-OH is 7. The molecule has 0 aromatic heterocycles. The third-order valence-corrected chi connectivity index (χ3v) is 15.4. The minimum absolute atomic E-state index is 0.244. The topological polar surface area (TPSA) is 189 Å². The van der Waals surface area contributed by atoms with Crippen LogP contribution >= 0.6 is 0 Å². The Morgan fingerprint density at radius 1 is 0.461 bits per heavy atom. The molecule has 0 bridgehead atoms. The van der Waals surface area contributed by atoms with Crippen LogP contribution in [0.15, 0.2) is 48.6 Å². The van der Waals surface area contributed by atoms with Crippen molar-refractivity contribution in [2.75, 3.05) is 13.2 Å². The van der Waals surface area contributed by atoms with Crippen molar-refractivity contribution in [3.63, 3.8) is 0 Å². The first-order valence-electron chi connectivity index (χ1n) is 32.1. The van der Waals surface area contributed by atoms with Crippen molar-refractivity contribution < 1.29 is 50.0 Å². The maximum atomic E-state index is 13.2. The Morgan fingerprint density at radius 2 is 0.829 bits per heavy atom. The van der Waals surface area contributed by atoms with Crippen molar-refractivity contribution in [3.8, 4) is 0 Å². The lowest BCUT2D eigenvalue weighted by atomic mass is 9.98. The van der Waals surface area contributed by atoms with E-state index in [4.69, 9.17) is 9.47 Å². The van der Waals surface area contributed by atoms with Gasteiger partial charge in [-0.3, -0.25) is 4.79 Å². The summed E-state index contributed by atoms with van der Waals surface area (Å²) >= 11 is 0. The first-order chi connectivity index (χ1) is 37.2. The quantitative estimate of drug-likeness (QED) is 0.0165. The molecule has 0 aromatic rings. The molecule has 1 fully saturated rings. The fourth-order valence-corrected chi connectivity index (χ4v) is 10.2. The van der Waals surface area contributed by atoms with Gasteiger partial charge in [-0.15, -0.1) is 0 Å². The molecule has 9 atom stereocenters.